The number of carbonyl (C=O) groups is 2. The summed E-state index contributed by atoms with van der Waals surface area (Å²) >= 11 is 0. The van der Waals surface area contributed by atoms with Gasteiger partial charge in [-0.3, -0.25) is 4.79 Å². The van der Waals surface area contributed by atoms with Gasteiger partial charge in [0.2, 0.25) is 0 Å². The van der Waals surface area contributed by atoms with Crippen LogP contribution in [-0.4, -0.2) is 42.2 Å². The summed E-state index contributed by atoms with van der Waals surface area (Å²) in [6.07, 6.45) is 2.14. The number of benzene rings is 1. The molecule has 0 spiro atoms. The number of carbonyl (C=O) groups excluding carboxylic acids is 2. The van der Waals surface area contributed by atoms with Crippen molar-refractivity contribution in [2.45, 2.75) is 19.8 Å². The Balaban J connectivity index is 1.87. The van der Waals surface area contributed by atoms with Gasteiger partial charge in [-0.25, -0.2) is 10.2 Å². The number of ether oxygens (including phenoxy) is 1. The van der Waals surface area contributed by atoms with E-state index in [1.54, 1.807) is 31.2 Å². The van der Waals surface area contributed by atoms with Crippen molar-refractivity contribution in [3.63, 3.8) is 0 Å². The number of hydrazone groups is 1. The van der Waals surface area contributed by atoms with Crippen LogP contribution in [0.15, 0.2) is 29.4 Å². The predicted octanol–water partition coefficient (Wildman–Crippen LogP) is 1.08. The lowest BCUT2D eigenvalue weighted by Crippen LogP contribution is -2.32. The first kappa shape index (κ1) is 15.8. The number of nitrogens with one attached hydrogen (secondary N) is 1. The van der Waals surface area contributed by atoms with Crippen LogP contribution in [0.25, 0.3) is 0 Å². The molecule has 1 aliphatic heterocycles. The van der Waals surface area contributed by atoms with Gasteiger partial charge in [-0.15, -0.1) is 0 Å². The van der Waals surface area contributed by atoms with Gasteiger partial charge in [-0.1, -0.05) is 0 Å². The van der Waals surface area contributed by atoms with Crippen molar-refractivity contribution in [1.82, 2.24) is 10.3 Å². The molecule has 0 atom stereocenters. The maximum absolute atomic E-state index is 11.9. The van der Waals surface area contributed by atoms with Crippen LogP contribution in [-0.2, 0) is 4.79 Å². The van der Waals surface area contributed by atoms with Crippen LogP contribution in [0.2, 0.25) is 0 Å². The molecular formula is C15H20N4O3. The highest BCUT2D eigenvalue weighted by atomic mass is 16.5. The molecule has 1 aromatic rings. The van der Waals surface area contributed by atoms with Crippen molar-refractivity contribution in [1.29, 1.82) is 0 Å². The molecule has 0 radical (unpaired) electrons. The third-order valence-corrected chi connectivity index (χ3v) is 3.43. The lowest BCUT2D eigenvalue weighted by atomic mass is 10.1. The molecule has 1 heterocycles. The van der Waals surface area contributed by atoms with Crippen molar-refractivity contribution < 1.29 is 14.3 Å². The Labute approximate surface area is 129 Å². The topological polar surface area (TPSA) is 97.0 Å². The number of amides is 3. The van der Waals surface area contributed by atoms with E-state index in [-0.39, 0.29) is 12.5 Å². The molecule has 2 rings (SSSR count). The Bertz CT molecular complexity index is 563. The monoisotopic (exact) mass is 304 g/mol. The van der Waals surface area contributed by atoms with Gasteiger partial charge in [0, 0.05) is 13.1 Å². The first-order valence-corrected chi connectivity index (χ1v) is 7.17. The van der Waals surface area contributed by atoms with E-state index in [0.717, 1.165) is 31.5 Å². The summed E-state index contributed by atoms with van der Waals surface area (Å²) in [6, 6.07) is 6.42. The van der Waals surface area contributed by atoms with Gasteiger partial charge < -0.3 is 15.4 Å². The molecular weight excluding hydrogens is 284 g/mol. The Morgan fingerprint density at radius 2 is 1.91 bits per heavy atom. The van der Waals surface area contributed by atoms with Crippen molar-refractivity contribution in [3.8, 4) is 5.75 Å². The highest BCUT2D eigenvalue weighted by Crippen LogP contribution is 2.14. The van der Waals surface area contributed by atoms with Crippen LogP contribution >= 0.6 is 0 Å². The second-order valence-electron chi connectivity index (χ2n) is 5.07. The smallest absolute Gasteiger partial charge is 0.332 e. The molecule has 1 saturated heterocycles. The summed E-state index contributed by atoms with van der Waals surface area (Å²) in [4.78, 5) is 24.3. The minimum Gasteiger partial charge on any atom is -0.484 e. The zero-order valence-electron chi connectivity index (χ0n) is 12.5. The van der Waals surface area contributed by atoms with Crippen LogP contribution < -0.4 is 15.9 Å². The molecule has 1 aromatic carbocycles. The minimum atomic E-state index is -0.709. The fourth-order valence-electron chi connectivity index (χ4n) is 2.20. The summed E-state index contributed by atoms with van der Waals surface area (Å²) in [7, 11) is 0. The first-order chi connectivity index (χ1) is 10.6. The van der Waals surface area contributed by atoms with E-state index in [2.05, 4.69) is 10.5 Å². The zero-order chi connectivity index (χ0) is 15.9. The van der Waals surface area contributed by atoms with Gasteiger partial charge in [0.15, 0.2) is 6.61 Å². The summed E-state index contributed by atoms with van der Waals surface area (Å²) in [5.74, 6) is 0.636. The molecule has 3 amide bonds. The van der Waals surface area contributed by atoms with Crippen molar-refractivity contribution in [2.24, 2.45) is 10.8 Å². The molecule has 1 aliphatic rings. The number of urea groups is 1. The van der Waals surface area contributed by atoms with E-state index in [1.165, 1.54) is 0 Å². The third-order valence-electron chi connectivity index (χ3n) is 3.43. The fraction of sp³-hybridized carbons (Fsp3) is 0.400. The Morgan fingerprint density at radius 1 is 1.27 bits per heavy atom. The van der Waals surface area contributed by atoms with Gasteiger partial charge in [0.25, 0.3) is 5.91 Å². The van der Waals surface area contributed by atoms with Crippen molar-refractivity contribution in [2.75, 3.05) is 19.7 Å². The van der Waals surface area contributed by atoms with E-state index in [0.29, 0.717) is 11.5 Å². The minimum absolute atomic E-state index is 0.0185. The Morgan fingerprint density at radius 3 is 2.50 bits per heavy atom. The van der Waals surface area contributed by atoms with Gasteiger partial charge in [0.05, 0.1) is 5.71 Å². The van der Waals surface area contributed by atoms with E-state index in [1.807, 2.05) is 4.90 Å². The molecule has 118 valence electrons. The first-order valence-electron chi connectivity index (χ1n) is 7.17. The summed E-state index contributed by atoms with van der Waals surface area (Å²) in [6.45, 7) is 3.45. The van der Waals surface area contributed by atoms with Gasteiger partial charge in [0.1, 0.15) is 5.75 Å². The highest BCUT2D eigenvalue weighted by Gasteiger charge is 2.17. The SMILES string of the molecule is C/C(=N/NC(N)=O)c1ccc(OCC(=O)N2CCCC2)cc1. The Hall–Kier alpha value is -2.57. The van der Waals surface area contributed by atoms with Crippen LogP contribution in [0.5, 0.6) is 5.75 Å². The molecule has 1 fully saturated rings. The molecule has 0 unspecified atom stereocenters. The van der Waals surface area contributed by atoms with Crippen LogP contribution in [0.1, 0.15) is 25.3 Å². The normalized spacial score (nSPS) is 14.8. The van der Waals surface area contributed by atoms with Gasteiger partial charge in [-0.2, -0.15) is 5.10 Å². The number of nitrogens with two attached hydrogens (primary N) is 1. The average Bonchev–Trinajstić information content (AvgIpc) is 3.05. The number of nitrogens with zero attached hydrogens (tertiary/aromatic N) is 2. The second-order valence-corrected chi connectivity index (χ2v) is 5.07. The number of hydrogen-bond donors (Lipinski definition) is 2. The van der Waals surface area contributed by atoms with E-state index >= 15 is 0 Å². The van der Waals surface area contributed by atoms with Gasteiger partial charge >= 0.3 is 6.03 Å². The maximum Gasteiger partial charge on any atom is 0.332 e. The van der Waals surface area contributed by atoms with Crippen molar-refractivity contribution in [3.05, 3.63) is 29.8 Å². The Kier molecular flexibility index (Phi) is 5.35. The molecule has 22 heavy (non-hydrogen) atoms. The summed E-state index contributed by atoms with van der Waals surface area (Å²) in [5, 5.41) is 3.84. The predicted molar refractivity (Wildman–Crippen MR) is 82.7 cm³/mol. The zero-order valence-corrected chi connectivity index (χ0v) is 12.5. The molecule has 0 aliphatic carbocycles. The average molecular weight is 304 g/mol. The fourth-order valence-corrected chi connectivity index (χ4v) is 2.20. The molecule has 7 nitrogen and oxygen atoms in total. The number of hydrogen-bond acceptors (Lipinski definition) is 4. The highest BCUT2D eigenvalue weighted by molar-refractivity contribution is 5.99. The van der Waals surface area contributed by atoms with Gasteiger partial charge in [-0.05, 0) is 49.6 Å². The lowest BCUT2D eigenvalue weighted by molar-refractivity contribution is -0.132. The standard InChI is InChI=1S/C15H20N4O3/c1-11(17-18-15(16)21)12-4-6-13(7-5-12)22-10-14(20)19-8-2-3-9-19/h4-7H,2-3,8-10H2,1H3,(H3,16,18,21)/b17-11-. The molecule has 3 N–H and O–H groups in total. The van der Waals surface area contributed by atoms with E-state index in [9.17, 15) is 9.59 Å². The van der Waals surface area contributed by atoms with E-state index < -0.39 is 6.03 Å². The molecule has 0 aromatic heterocycles. The number of rotatable bonds is 5. The summed E-state index contributed by atoms with van der Waals surface area (Å²) in [5.41, 5.74) is 8.57. The van der Waals surface area contributed by atoms with Crippen LogP contribution in [0, 0.1) is 0 Å². The molecule has 0 saturated carbocycles. The van der Waals surface area contributed by atoms with E-state index in [4.69, 9.17) is 10.5 Å². The third kappa shape index (κ3) is 4.47. The summed E-state index contributed by atoms with van der Waals surface area (Å²) < 4.78 is 5.49. The maximum atomic E-state index is 11.9. The van der Waals surface area contributed by atoms with Crippen LogP contribution in [0.3, 0.4) is 0 Å². The molecule has 0 bridgehead atoms. The van der Waals surface area contributed by atoms with Crippen LogP contribution in [0.4, 0.5) is 4.79 Å². The quantitative estimate of drug-likeness (QED) is 0.629. The largest absolute Gasteiger partial charge is 0.484 e. The van der Waals surface area contributed by atoms with Crippen molar-refractivity contribution >= 4 is 17.6 Å². The lowest BCUT2D eigenvalue weighted by Gasteiger charge is -2.15. The number of primary amides is 1. The molecule has 7 heteroatoms. The number of likely N-dealkylation sites (tertiary alicyclic amines) is 1. The second kappa shape index (κ2) is 7.44.